The van der Waals surface area contributed by atoms with Gasteiger partial charge in [-0.25, -0.2) is 0 Å². The monoisotopic (exact) mass is 1210 g/mol. The van der Waals surface area contributed by atoms with Gasteiger partial charge in [0.05, 0.1) is 11.4 Å². The van der Waals surface area contributed by atoms with Crippen LogP contribution in [-0.2, 0) is 0 Å². The van der Waals surface area contributed by atoms with Crippen LogP contribution in [0.3, 0.4) is 0 Å². The smallest absolute Gasteiger partial charge is 0.127 e. The van der Waals surface area contributed by atoms with Crippen LogP contribution in [0.2, 0.25) is 0 Å². The molecule has 0 saturated heterocycles. The highest BCUT2D eigenvalue weighted by Gasteiger charge is 2.18. The maximum Gasteiger partial charge on any atom is 0.127 e. The van der Waals surface area contributed by atoms with Crippen LogP contribution in [0.1, 0.15) is 22.3 Å². The van der Waals surface area contributed by atoms with Crippen LogP contribution in [0, 0.1) is 0 Å². The molecule has 0 unspecified atom stereocenters. The van der Waals surface area contributed by atoms with Gasteiger partial charge in [-0.2, -0.15) is 0 Å². The molecule has 0 spiro atoms. The van der Waals surface area contributed by atoms with Gasteiger partial charge in [0.2, 0.25) is 0 Å². The number of pyridine rings is 2. The lowest BCUT2D eigenvalue weighted by Crippen LogP contribution is -2.09. The normalized spacial score (nSPS) is 11.1. The van der Waals surface area contributed by atoms with Crippen molar-refractivity contribution in [2.24, 2.45) is 0 Å². The molecule has 0 N–H and O–H groups in total. The number of hydrogen-bond donors (Lipinski definition) is 0. The van der Waals surface area contributed by atoms with E-state index in [-0.39, 0.29) is 0 Å². The summed E-state index contributed by atoms with van der Waals surface area (Å²) in [5.41, 5.74) is 18.4. The van der Waals surface area contributed by atoms with Crippen LogP contribution < -0.4 is 29.1 Å². The van der Waals surface area contributed by atoms with Crippen LogP contribution in [0.5, 0.6) is 23.0 Å². The van der Waals surface area contributed by atoms with E-state index >= 15 is 0 Å². The van der Waals surface area contributed by atoms with E-state index in [1.165, 1.54) is 0 Å². The number of ether oxygens (including phenoxy) is 2. The standard InChI is InChI=1S/C86H64N6O2/c1-7-19-69(20-8-1)89(70-21-9-2-10-22-70)77-43-51-81(52-44-77)93-83-55-47-79(48-56-83)91(73-27-15-5-16-28-73)75-39-35-65(36-40-75)31-33-67-59-61-87-85(63-67)86-64-68(60-62-88-86)34-32-66-37-41-76(42-38-66)92(74-29-17-6-18-30-74)80-49-57-84(58-50-80)94-82-53-45-78(46-54-82)90(71-23-11-3-12-24-71)72-25-13-4-14-26-72/h1-64H/b33-31+,34-32+. The van der Waals surface area contributed by atoms with Crippen molar-refractivity contribution in [3.63, 3.8) is 0 Å². The molecule has 2 heterocycles. The van der Waals surface area contributed by atoms with Gasteiger partial charge >= 0.3 is 0 Å². The highest BCUT2D eigenvalue weighted by Crippen LogP contribution is 2.41. The molecule has 0 aliphatic heterocycles. The molecule has 0 radical (unpaired) electrons. The lowest BCUT2D eigenvalue weighted by Gasteiger charge is -2.26. The number of benzene rings is 12. The second-order valence-electron chi connectivity index (χ2n) is 22.3. The second kappa shape index (κ2) is 28.4. The Balaban J connectivity index is 0.615. The molecule has 14 aromatic rings. The van der Waals surface area contributed by atoms with E-state index in [0.29, 0.717) is 0 Å². The fourth-order valence-electron chi connectivity index (χ4n) is 11.4. The summed E-state index contributed by atoms with van der Waals surface area (Å²) in [6.07, 6.45) is 12.2. The van der Waals surface area contributed by atoms with Crippen LogP contribution in [-0.4, -0.2) is 9.97 Å². The number of rotatable bonds is 21. The fourth-order valence-corrected chi connectivity index (χ4v) is 11.4. The predicted molar refractivity (Wildman–Crippen MR) is 390 cm³/mol. The zero-order chi connectivity index (χ0) is 63.1. The summed E-state index contributed by atoms with van der Waals surface area (Å²) in [6, 6.07) is 121. The minimum atomic E-state index is 0.749. The Labute approximate surface area is 549 Å². The van der Waals surface area contributed by atoms with E-state index in [1.807, 2.05) is 109 Å². The van der Waals surface area contributed by atoms with Gasteiger partial charge in [-0.15, -0.1) is 0 Å². The Kier molecular flexibility index (Phi) is 17.8. The van der Waals surface area contributed by atoms with Crippen LogP contribution in [0.25, 0.3) is 35.7 Å². The van der Waals surface area contributed by atoms with Crippen LogP contribution >= 0.6 is 0 Å². The predicted octanol–water partition coefficient (Wildman–Crippen LogP) is 23.9. The summed E-state index contributed by atoms with van der Waals surface area (Å²) >= 11 is 0. The third-order valence-corrected chi connectivity index (χ3v) is 16.0. The largest absolute Gasteiger partial charge is 0.457 e. The number of hydrogen-bond acceptors (Lipinski definition) is 8. The molecule has 12 aromatic carbocycles. The highest BCUT2D eigenvalue weighted by atomic mass is 16.5. The molecule has 2 aromatic heterocycles. The second-order valence-corrected chi connectivity index (χ2v) is 22.3. The average Bonchev–Trinajstić information content (AvgIpc) is 2.05. The van der Waals surface area contributed by atoms with E-state index < -0.39 is 0 Å². The molecule has 0 aliphatic carbocycles. The first-order chi connectivity index (χ1) is 46.6. The van der Waals surface area contributed by atoms with Gasteiger partial charge in [-0.05, 0) is 241 Å². The Morgan fingerprint density at radius 2 is 0.383 bits per heavy atom. The van der Waals surface area contributed by atoms with Gasteiger partial charge in [0.15, 0.2) is 0 Å². The first-order valence-electron chi connectivity index (χ1n) is 31.3. The zero-order valence-corrected chi connectivity index (χ0v) is 51.5. The van der Waals surface area contributed by atoms with Gasteiger partial charge in [0.1, 0.15) is 23.0 Å². The van der Waals surface area contributed by atoms with Gasteiger partial charge in [0.25, 0.3) is 0 Å². The molecule has 0 amide bonds. The van der Waals surface area contributed by atoms with Crippen molar-refractivity contribution in [3.05, 3.63) is 386 Å². The number of para-hydroxylation sites is 6. The summed E-state index contributed by atoms with van der Waals surface area (Å²) in [5, 5.41) is 0. The molecule has 0 bridgehead atoms. The summed E-state index contributed by atoms with van der Waals surface area (Å²) in [7, 11) is 0. The molecule has 14 rings (SSSR count). The lowest BCUT2D eigenvalue weighted by atomic mass is 10.1. The average molecular weight is 1210 g/mol. The van der Waals surface area contributed by atoms with E-state index in [0.717, 1.165) is 125 Å². The molecule has 8 heteroatoms. The van der Waals surface area contributed by atoms with E-state index in [2.05, 4.69) is 299 Å². The summed E-state index contributed by atoms with van der Waals surface area (Å²) in [4.78, 5) is 18.5. The maximum atomic E-state index is 6.41. The lowest BCUT2D eigenvalue weighted by molar-refractivity contribution is 0.482. The van der Waals surface area contributed by atoms with Crippen LogP contribution in [0.4, 0.5) is 68.2 Å². The third kappa shape index (κ3) is 14.1. The van der Waals surface area contributed by atoms with Crippen molar-refractivity contribution in [1.29, 1.82) is 0 Å². The van der Waals surface area contributed by atoms with Gasteiger partial charge in [-0.3, -0.25) is 9.97 Å². The quantitative estimate of drug-likeness (QED) is 0.0705. The first-order valence-corrected chi connectivity index (χ1v) is 31.3. The number of aromatic nitrogens is 2. The minimum absolute atomic E-state index is 0.749. The molecule has 0 aliphatic rings. The van der Waals surface area contributed by atoms with E-state index in [4.69, 9.17) is 19.4 Å². The molecule has 0 atom stereocenters. The SMILES string of the molecule is C(=C\c1ccnc(-c2cc(/C=C/c3ccc(N(c4ccccc4)c4ccc(Oc5ccc(N(c6ccccc6)c6ccccc6)cc5)cc4)cc3)ccn2)c1)/c1ccc(N(c2ccccc2)c2ccc(Oc3ccc(N(c4ccccc4)c4ccccc4)cc3)cc2)cc1. The highest BCUT2D eigenvalue weighted by molar-refractivity contribution is 5.83. The van der Waals surface area contributed by atoms with E-state index in [9.17, 15) is 0 Å². The number of anilines is 12. The van der Waals surface area contributed by atoms with Gasteiger partial charge < -0.3 is 29.1 Å². The molecule has 8 nitrogen and oxygen atoms in total. The Bertz CT molecular complexity index is 4390. The van der Waals surface area contributed by atoms with Crippen molar-refractivity contribution >= 4 is 92.6 Å². The fraction of sp³-hybridized carbons (Fsp3) is 0. The van der Waals surface area contributed by atoms with Crippen molar-refractivity contribution in [2.45, 2.75) is 0 Å². The van der Waals surface area contributed by atoms with Crippen molar-refractivity contribution in [1.82, 2.24) is 9.97 Å². The third-order valence-electron chi connectivity index (χ3n) is 16.0. The molecule has 94 heavy (non-hydrogen) atoms. The molecule has 450 valence electrons. The topological polar surface area (TPSA) is 57.2 Å². The molecule has 0 fully saturated rings. The summed E-state index contributed by atoms with van der Waals surface area (Å²) in [6.45, 7) is 0. The zero-order valence-electron chi connectivity index (χ0n) is 51.5. The van der Waals surface area contributed by atoms with E-state index in [1.54, 1.807) is 0 Å². The molecular weight excluding hydrogens is 1150 g/mol. The Hall–Kier alpha value is -12.8. The molecular formula is C86H64N6O2. The minimum Gasteiger partial charge on any atom is -0.457 e. The van der Waals surface area contributed by atoms with Crippen molar-refractivity contribution in [3.8, 4) is 34.4 Å². The first kappa shape index (κ1) is 58.9. The maximum absolute atomic E-state index is 6.41. The van der Waals surface area contributed by atoms with Crippen molar-refractivity contribution < 1.29 is 9.47 Å². The molecule has 0 saturated carbocycles. The van der Waals surface area contributed by atoms with Gasteiger partial charge in [-0.1, -0.05) is 158 Å². The Morgan fingerprint density at radius 3 is 0.606 bits per heavy atom. The van der Waals surface area contributed by atoms with Crippen LogP contribution in [0.15, 0.2) is 364 Å². The van der Waals surface area contributed by atoms with Gasteiger partial charge in [0, 0.05) is 80.6 Å². The summed E-state index contributed by atoms with van der Waals surface area (Å²) < 4.78 is 12.8. The number of nitrogens with zero attached hydrogens (tertiary/aromatic N) is 6. The Morgan fingerprint density at radius 1 is 0.191 bits per heavy atom. The summed E-state index contributed by atoms with van der Waals surface area (Å²) in [5.74, 6) is 3.01. The van der Waals surface area contributed by atoms with Crippen molar-refractivity contribution in [2.75, 3.05) is 19.6 Å².